The highest BCUT2D eigenvalue weighted by Crippen LogP contribution is 2.35. The van der Waals surface area contributed by atoms with E-state index in [2.05, 4.69) is 23.6 Å². The number of unbranched alkanes of at least 4 members (excludes halogenated alkanes) is 12. The number of allylic oxidation sites excluding steroid dienone is 2. The first kappa shape index (κ1) is 27.5. The lowest BCUT2D eigenvalue weighted by molar-refractivity contribution is -0.126. The highest BCUT2D eigenvalue weighted by molar-refractivity contribution is 7.46. The topological polar surface area (TPSA) is 93.1 Å². The van der Waals surface area contributed by atoms with Crippen LogP contribution in [0.2, 0.25) is 0 Å². The Labute approximate surface area is 171 Å². The van der Waals surface area contributed by atoms with Gasteiger partial charge in [0.25, 0.3) is 0 Å². The largest absolute Gasteiger partial charge is 0.470 e. The first-order valence-corrected chi connectivity index (χ1v) is 12.4. The van der Waals surface area contributed by atoms with Crippen molar-refractivity contribution in [2.24, 2.45) is 0 Å². The van der Waals surface area contributed by atoms with Crippen LogP contribution in [0.15, 0.2) is 12.2 Å². The fourth-order valence-electron chi connectivity index (χ4n) is 2.84. The fraction of sp³-hybridized carbons (Fsp3) is 0.857. The average Bonchev–Trinajstić information content (AvgIpc) is 2.65. The molecule has 0 saturated carbocycles. The average molecular weight is 421 g/mol. The van der Waals surface area contributed by atoms with E-state index in [9.17, 15) is 9.36 Å². The molecule has 0 aliphatic carbocycles. The molecular formula is C21H41O6P. The van der Waals surface area contributed by atoms with Crippen LogP contribution < -0.4 is 0 Å². The molecule has 6 nitrogen and oxygen atoms in total. The van der Waals surface area contributed by atoms with Gasteiger partial charge >= 0.3 is 7.82 Å². The number of rotatable bonds is 21. The summed E-state index contributed by atoms with van der Waals surface area (Å²) in [4.78, 5) is 28.2. The predicted octanol–water partition coefficient (Wildman–Crippen LogP) is 5.72. The number of ketones is 1. The highest BCUT2D eigenvalue weighted by atomic mass is 31.2. The number of hydrogen-bond acceptors (Lipinski definition) is 4. The molecule has 166 valence electrons. The smallest absolute Gasteiger partial charge is 0.374 e. The van der Waals surface area contributed by atoms with Crippen LogP contribution in [0.4, 0.5) is 0 Å². The van der Waals surface area contributed by atoms with Gasteiger partial charge in [0.05, 0.1) is 0 Å². The van der Waals surface area contributed by atoms with Gasteiger partial charge in [0, 0.05) is 6.61 Å². The van der Waals surface area contributed by atoms with E-state index >= 15 is 0 Å². The molecule has 0 bridgehead atoms. The number of phosphoric acid groups is 1. The molecule has 0 atom stereocenters. The minimum absolute atomic E-state index is 0.160. The Morgan fingerprint density at radius 2 is 1.29 bits per heavy atom. The maximum atomic E-state index is 11.3. The van der Waals surface area contributed by atoms with Crippen LogP contribution in [0.5, 0.6) is 0 Å². The maximum absolute atomic E-state index is 11.3. The van der Waals surface area contributed by atoms with Gasteiger partial charge in [-0.25, -0.2) is 4.57 Å². The molecule has 0 rings (SSSR count). The van der Waals surface area contributed by atoms with Crippen molar-refractivity contribution < 1.29 is 28.4 Å². The molecule has 0 spiro atoms. The van der Waals surface area contributed by atoms with Gasteiger partial charge in [0.15, 0.2) is 5.78 Å². The van der Waals surface area contributed by atoms with Crippen molar-refractivity contribution >= 4 is 13.6 Å². The molecule has 0 aromatic carbocycles. The third kappa shape index (κ3) is 23.5. The van der Waals surface area contributed by atoms with E-state index in [0.717, 1.165) is 12.8 Å². The number of phosphoric ester groups is 1. The summed E-state index contributed by atoms with van der Waals surface area (Å²) >= 11 is 0. The lowest BCUT2D eigenvalue weighted by Gasteiger charge is -2.06. The zero-order valence-corrected chi connectivity index (χ0v) is 18.5. The highest BCUT2D eigenvalue weighted by Gasteiger charge is 2.16. The van der Waals surface area contributed by atoms with Crippen LogP contribution in [0, 0.1) is 0 Å². The second-order valence-electron chi connectivity index (χ2n) is 7.29. The zero-order valence-electron chi connectivity index (χ0n) is 17.7. The van der Waals surface area contributed by atoms with Crippen LogP contribution >= 0.6 is 7.82 Å². The van der Waals surface area contributed by atoms with Gasteiger partial charge in [-0.3, -0.25) is 9.32 Å². The van der Waals surface area contributed by atoms with E-state index in [4.69, 9.17) is 14.5 Å². The van der Waals surface area contributed by atoms with Crippen molar-refractivity contribution in [3.63, 3.8) is 0 Å². The SMILES string of the molecule is CCCCCC/C=C\CCCCCCCCCCOCC(=O)COP(=O)(O)O. The van der Waals surface area contributed by atoms with Crippen molar-refractivity contribution in [2.45, 2.75) is 96.8 Å². The molecular weight excluding hydrogens is 379 g/mol. The van der Waals surface area contributed by atoms with Crippen LogP contribution in [0.3, 0.4) is 0 Å². The third-order valence-electron chi connectivity index (χ3n) is 4.46. The Bertz CT molecular complexity index is 433. The van der Waals surface area contributed by atoms with E-state index in [-0.39, 0.29) is 6.61 Å². The summed E-state index contributed by atoms with van der Waals surface area (Å²) in [6, 6.07) is 0. The zero-order chi connectivity index (χ0) is 20.9. The molecule has 0 unspecified atom stereocenters. The first-order chi connectivity index (χ1) is 13.5. The second kappa shape index (κ2) is 19.8. The molecule has 0 amide bonds. The molecule has 0 aliphatic rings. The summed E-state index contributed by atoms with van der Waals surface area (Å²) in [7, 11) is -4.58. The molecule has 0 aromatic rings. The number of hydrogen-bond donors (Lipinski definition) is 2. The quantitative estimate of drug-likeness (QED) is 0.140. The summed E-state index contributed by atoms with van der Waals surface area (Å²) in [6.45, 7) is 1.97. The molecule has 0 aromatic heterocycles. The van der Waals surface area contributed by atoms with Crippen LogP contribution in [-0.4, -0.2) is 35.4 Å². The van der Waals surface area contributed by atoms with E-state index in [1.807, 2.05) is 0 Å². The van der Waals surface area contributed by atoms with Gasteiger partial charge in [-0.05, 0) is 32.1 Å². The van der Waals surface area contributed by atoms with Gasteiger partial charge in [-0.15, -0.1) is 0 Å². The van der Waals surface area contributed by atoms with Gasteiger partial charge < -0.3 is 14.5 Å². The molecule has 28 heavy (non-hydrogen) atoms. The normalized spacial score (nSPS) is 12.1. The Kier molecular flexibility index (Phi) is 19.4. The summed E-state index contributed by atoms with van der Waals surface area (Å²) in [5, 5.41) is 0. The molecule has 0 fully saturated rings. The molecule has 0 radical (unpaired) electrons. The van der Waals surface area contributed by atoms with Crippen LogP contribution in [0.25, 0.3) is 0 Å². The fourth-order valence-corrected chi connectivity index (χ4v) is 3.15. The van der Waals surface area contributed by atoms with Crippen molar-refractivity contribution in [1.29, 1.82) is 0 Å². The molecule has 0 heterocycles. The number of carbonyl (C=O) groups is 1. The lowest BCUT2D eigenvalue weighted by Crippen LogP contribution is -2.15. The molecule has 0 aliphatic heterocycles. The van der Waals surface area contributed by atoms with Crippen molar-refractivity contribution in [2.75, 3.05) is 19.8 Å². The van der Waals surface area contributed by atoms with Gasteiger partial charge in [0.2, 0.25) is 0 Å². The second-order valence-corrected chi connectivity index (χ2v) is 8.53. The molecule has 0 saturated heterocycles. The van der Waals surface area contributed by atoms with E-state index in [1.165, 1.54) is 77.0 Å². The monoisotopic (exact) mass is 420 g/mol. The predicted molar refractivity (Wildman–Crippen MR) is 113 cm³/mol. The molecule has 2 N–H and O–H groups in total. The van der Waals surface area contributed by atoms with Gasteiger partial charge in [-0.2, -0.15) is 0 Å². The minimum atomic E-state index is -4.58. The van der Waals surface area contributed by atoms with Gasteiger partial charge in [0.1, 0.15) is 13.2 Å². The van der Waals surface area contributed by atoms with Gasteiger partial charge in [-0.1, -0.05) is 76.9 Å². The Morgan fingerprint density at radius 1 is 0.786 bits per heavy atom. The summed E-state index contributed by atoms with van der Waals surface area (Å²) in [5.74, 6) is -0.463. The standard InChI is InChI=1S/C21H41O6P/c1-2-3-4-5-6-7-8-9-10-11-12-13-14-15-16-17-18-26-19-21(22)20-27-28(23,24)25/h7-8H,2-6,9-20H2,1H3,(H2,23,24,25)/b8-7-. The van der Waals surface area contributed by atoms with E-state index in [1.54, 1.807) is 0 Å². The Morgan fingerprint density at radius 3 is 1.82 bits per heavy atom. The summed E-state index contributed by atoms with van der Waals surface area (Å²) < 4.78 is 19.8. The number of Topliss-reactive ketones (excluding diaryl/α,β-unsaturated/α-hetero) is 1. The Balaban J connectivity index is 3.20. The third-order valence-corrected chi connectivity index (χ3v) is 4.92. The van der Waals surface area contributed by atoms with E-state index < -0.39 is 20.2 Å². The number of carbonyl (C=O) groups excluding carboxylic acids is 1. The maximum Gasteiger partial charge on any atom is 0.470 e. The lowest BCUT2D eigenvalue weighted by atomic mass is 10.1. The van der Waals surface area contributed by atoms with Crippen LogP contribution in [0.1, 0.15) is 96.8 Å². The van der Waals surface area contributed by atoms with E-state index in [0.29, 0.717) is 6.61 Å². The van der Waals surface area contributed by atoms with Crippen LogP contribution in [-0.2, 0) is 18.6 Å². The molecule has 7 heteroatoms. The summed E-state index contributed by atoms with van der Waals surface area (Å²) in [6.07, 6.45) is 22.1. The summed E-state index contributed by atoms with van der Waals surface area (Å²) in [5.41, 5.74) is 0. The minimum Gasteiger partial charge on any atom is -0.374 e. The first-order valence-electron chi connectivity index (χ1n) is 10.9. The van der Waals surface area contributed by atoms with Crippen molar-refractivity contribution in [1.82, 2.24) is 0 Å². The Hall–Kier alpha value is -0.520. The van der Waals surface area contributed by atoms with Crippen molar-refractivity contribution in [3.8, 4) is 0 Å². The number of ether oxygens (including phenoxy) is 1. The van der Waals surface area contributed by atoms with Crippen molar-refractivity contribution in [3.05, 3.63) is 12.2 Å².